The Hall–Kier alpha value is -1.52. The molecule has 3 atom stereocenters. The van der Waals surface area contributed by atoms with E-state index in [0.717, 1.165) is 0 Å². The van der Waals surface area contributed by atoms with E-state index < -0.39 is 0 Å². The second-order valence-electron chi connectivity index (χ2n) is 3.74. The first kappa shape index (κ1) is 12.5. The summed E-state index contributed by atoms with van der Waals surface area (Å²) in [6, 6.07) is 0. The van der Waals surface area contributed by atoms with Crippen LogP contribution in [-0.4, -0.2) is 30.8 Å². The lowest BCUT2D eigenvalue weighted by Crippen LogP contribution is -2.38. The lowest BCUT2D eigenvalue weighted by molar-refractivity contribution is -0.155. The van der Waals surface area contributed by atoms with Crippen LogP contribution in [0.1, 0.15) is 20.8 Å². The van der Waals surface area contributed by atoms with E-state index in [1.165, 1.54) is 20.1 Å². The third-order valence-electron chi connectivity index (χ3n) is 2.38. The zero-order chi connectivity index (χ0) is 12.1. The van der Waals surface area contributed by atoms with E-state index >= 15 is 0 Å². The Balaban J connectivity index is 2.52. The van der Waals surface area contributed by atoms with Crippen molar-refractivity contribution in [1.82, 2.24) is 0 Å². The fraction of sp³-hybridized carbons (Fsp3) is 0.636. The monoisotopic (exact) mass is 228 g/mol. The largest absolute Gasteiger partial charge is 0.494 e. The van der Waals surface area contributed by atoms with Crippen LogP contribution in [0.2, 0.25) is 0 Å². The molecule has 0 saturated carbocycles. The summed E-state index contributed by atoms with van der Waals surface area (Å²) in [6.07, 6.45) is 2.54. The molecular formula is C11H16O5. The summed E-state index contributed by atoms with van der Waals surface area (Å²) in [4.78, 5) is 21.5. The summed E-state index contributed by atoms with van der Waals surface area (Å²) in [5.41, 5.74) is 0. The van der Waals surface area contributed by atoms with E-state index in [9.17, 15) is 9.59 Å². The van der Waals surface area contributed by atoms with Crippen molar-refractivity contribution in [2.24, 2.45) is 5.92 Å². The van der Waals surface area contributed by atoms with Gasteiger partial charge in [0.05, 0.1) is 6.26 Å². The van der Waals surface area contributed by atoms with Gasteiger partial charge in [0.2, 0.25) is 0 Å². The van der Waals surface area contributed by atoms with Crippen LogP contribution in [0.3, 0.4) is 0 Å². The van der Waals surface area contributed by atoms with Crippen molar-refractivity contribution >= 4 is 11.9 Å². The molecule has 1 aliphatic heterocycles. The molecule has 0 amide bonds. The number of carbonyl (C=O) groups is 2. The van der Waals surface area contributed by atoms with Crippen molar-refractivity contribution in [2.45, 2.75) is 33.0 Å². The molecule has 0 N–H and O–H groups in total. The van der Waals surface area contributed by atoms with Crippen LogP contribution in [0, 0.1) is 5.92 Å². The highest BCUT2D eigenvalue weighted by Crippen LogP contribution is 2.22. The lowest BCUT2D eigenvalue weighted by Gasteiger charge is -2.31. The van der Waals surface area contributed by atoms with Crippen molar-refractivity contribution < 1.29 is 23.8 Å². The van der Waals surface area contributed by atoms with Gasteiger partial charge in [-0.1, -0.05) is 6.92 Å². The number of hydrogen-bond acceptors (Lipinski definition) is 5. The zero-order valence-corrected chi connectivity index (χ0v) is 9.64. The highest BCUT2D eigenvalue weighted by Gasteiger charge is 2.31. The number of ether oxygens (including phenoxy) is 3. The predicted octanol–water partition coefficient (Wildman–Crippen LogP) is 1.03. The summed E-state index contributed by atoms with van der Waals surface area (Å²) >= 11 is 0. The lowest BCUT2D eigenvalue weighted by atomic mass is 9.96. The Morgan fingerprint density at radius 3 is 2.56 bits per heavy atom. The molecule has 1 heterocycles. The summed E-state index contributed by atoms with van der Waals surface area (Å²) in [5.74, 6) is -0.739. The Morgan fingerprint density at radius 1 is 1.31 bits per heavy atom. The van der Waals surface area contributed by atoms with Crippen molar-refractivity contribution in [3.8, 4) is 0 Å². The fourth-order valence-corrected chi connectivity index (χ4v) is 1.46. The normalized spacial score (nSPS) is 28.1. The van der Waals surface area contributed by atoms with Crippen LogP contribution in [0.5, 0.6) is 0 Å². The van der Waals surface area contributed by atoms with E-state index in [1.54, 1.807) is 6.08 Å². The maximum atomic E-state index is 10.8. The molecule has 0 saturated heterocycles. The smallest absolute Gasteiger partial charge is 0.303 e. The minimum atomic E-state index is -0.352. The third-order valence-corrected chi connectivity index (χ3v) is 2.38. The second-order valence-corrected chi connectivity index (χ2v) is 3.74. The number of esters is 2. The molecule has 0 radical (unpaired) electrons. The van der Waals surface area contributed by atoms with Gasteiger partial charge >= 0.3 is 11.9 Å². The van der Waals surface area contributed by atoms with Crippen LogP contribution in [0.15, 0.2) is 12.3 Å². The number of carbonyl (C=O) groups excluding carboxylic acids is 2. The molecule has 2 unspecified atom stereocenters. The average molecular weight is 228 g/mol. The molecule has 0 fully saturated rings. The first-order valence-corrected chi connectivity index (χ1v) is 5.13. The highest BCUT2D eigenvalue weighted by atomic mass is 16.6. The summed E-state index contributed by atoms with van der Waals surface area (Å²) in [6.45, 7) is 4.74. The van der Waals surface area contributed by atoms with E-state index in [1.807, 2.05) is 6.92 Å². The van der Waals surface area contributed by atoms with Crippen LogP contribution in [-0.2, 0) is 23.8 Å². The highest BCUT2D eigenvalue weighted by molar-refractivity contribution is 5.66. The van der Waals surface area contributed by atoms with Gasteiger partial charge in [0.25, 0.3) is 0 Å². The summed E-state index contributed by atoms with van der Waals surface area (Å²) in [7, 11) is 0. The van der Waals surface area contributed by atoms with Gasteiger partial charge in [0.15, 0.2) is 0 Å². The molecule has 0 aromatic carbocycles. The molecule has 1 aliphatic rings. The van der Waals surface area contributed by atoms with Gasteiger partial charge in [-0.15, -0.1) is 0 Å². The van der Waals surface area contributed by atoms with Gasteiger partial charge in [-0.3, -0.25) is 9.59 Å². The van der Waals surface area contributed by atoms with Crippen molar-refractivity contribution in [1.29, 1.82) is 0 Å². The average Bonchev–Trinajstić information content (AvgIpc) is 2.18. The van der Waals surface area contributed by atoms with Gasteiger partial charge in [-0.05, 0) is 6.08 Å². The maximum absolute atomic E-state index is 10.8. The molecular weight excluding hydrogens is 212 g/mol. The van der Waals surface area contributed by atoms with Gasteiger partial charge < -0.3 is 14.2 Å². The molecule has 16 heavy (non-hydrogen) atoms. The molecule has 90 valence electrons. The van der Waals surface area contributed by atoms with Gasteiger partial charge in [-0.2, -0.15) is 0 Å². The minimum Gasteiger partial charge on any atom is -0.494 e. The number of hydrogen-bond donors (Lipinski definition) is 0. The quantitative estimate of drug-likeness (QED) is 0.675. The molecule has 5 nitrogen and oxygen atoms in total. The van der Waals surface area contributed by atoms with Crippen molar-refractivity contribution in [2.75, 3.05) is 6.61 Å². The molecule has 0 aromatic heterocycles. The van der Waals surface area contributed by atoms with Crippen LogP contribution < -0.4 is 0 Å². The molecule has 0 spiro atoms. The van der Waals surface area contributed by atoms with E-state index in [2.05, 4.69) is 0 Å². The first-order chi connectivity index (χ1) is 7.50. The SMILES string of the molecule is CC(=O)OCC1OC=C[C@@H](OC(C)=O)C1C. The topological polar surface area (TPSA) is 61.8 Å². The van der Waals surface area contributed by atoms with Gasteiger partial charge in [-0.25, -0.2) is 0 Å². The second kappa shape index (κ2) is 5.53. The molecule has 0 aliphatic carbocycles. The predicted molar refractivity (Wildman–Crippen MR) is 55.4 cm³/mol. The van der Waals surface area contributed by atoms with Crippen LogP contribution in [0.25, 0.3) is 0 Å². The van der Waals surface area contributed by atoms with Gasteiger partial charge in [0.1, 0.15) is 18.8 Å². The Bertz CT molecular complexity index is 297. The molecule has 0 bridgehead atoms. The van der Waals surface area contributed by atoms with Crippen molar-refractivity contribution in [3.63, 3.8) is 0 Å². The molecule has 1 rings (SSSR count). The van der Waals surface area contributed by atoms with Crippen LogP contribution >= 0.6 is 0 Å². The minimum absolute atomic E-state index is 0.0479. The van der Waals surface area contributed by atoms with Crippen molar-refractivity contribution in [3.05, 3.63) is 12.3 Å². The Kier molecular flexibility index (Phi) is 4.34. The first-order valence-electron chi connectivity index (χ1n) is 5.13. The fourth-order valence-electron chi connectivity index (χ4n) is 1.46. The van der Waals surface area contributed by atoms with Crippen LogP contribution in [0.4, 0.5) is 0 Å². The van der Waals surface area contributed by atoms with E-state index in [0.29, 0.717) is 0 Å². The summed E-state index contributed by atoms with van der Waals surface area (Å²) < 4.78 is 15.3. The maximum Gasteiger partial charge on any atom is 0.303 e. The standard InChI is InChI=1S/C11H16O5/c1-7-10(16-9(3)13)4-5-14-11(7)6-15-8(2)12/h4-5,7,10-11H,6H2,1-3H3/t7?,10-,11?/m1/s1. The molecule has 0 aromatic rings. The van der Waals surface area contributed by atoms with Gasteiger partial charge in [0, 0.05) is 19.8 Å². The van der Waals surface area contributed by atoms with E-state index in [4.69, 9.17) is 14.2 Å². The Labute approximate surface area is 94.4 Å². The summed E-state index contributed by atoms with van der Waals surface area (Å²) in [5, 5.41) is 0. The Morgan fingerprint density at radius 2 is 2.00 bits per heavy atom. The van der Waals surface area contributed by atoms with E-state index in [-0.39, 0.29) is 36.7 Å². The molecule has 5 heteroatoms. The third kappa shape index (κ3) is 3.56. The zero-order valence-electron chi connectivity index (χ0n) is 9.64. The number of rotatable bonds is 3.